The quantitative estimate of drug-likeness (QED) is 0.361. The molecular formula is C20H14Cl3F5N2O2. The van der Waals surface area contributed by atoms with Crippen molar-refractivity contribution >= 4 is 52.3 Å². The highest BCUT2D eigenvalue weighted by Crippen LogP contribution is 2.65. The Balaban J connectivity index is 1.72. The van der Waals surface area contributed by atoms with Crippen LogP contribution in [0.15, 0.2) is 42.5 Å². The highest BCUT2D eigenvalue weighted by Gasteiger charge is 2.67. The lowest BCUT2D eigenvalue weighted by molar-refractivity contribution is -0.123. The molecule has 2 unspecified atom stereocenters. The average molecular weight is 516 g/mol. The van der Waals surface area contributed by atoms with Crippen molar-refractivity contribution in [3.05, 3.63) is 64.2 Å². The molecule has 0 radical (unpaired) electrons. The van der Waals surface area contributed by atoms with Gasteiger partial charge < -0.3 is 10.6 Å². The Hall–Kier alpha value is -2.10. The first-order valence-electron chi connectivity index (χ1n) is 9.02. The summed E-state index contributed by atoms with van der Waals surface area (Å²) < 4.78 is 60.9. The number of carbonyl (C=O) groups is 2. The molecule has 1 fully saturated rings. The average Bonchev–Trinajstić information content (AvgIpc) is 3.29. The molecular weight excluding hydrogens is 502 g/mol. The summed E-state index contributed by atoms with van der Waals surface area (Å²) in [5, 5.41) is 4.07. The number of carbonyl (C=O) groups excluding carboxylic acids is 2. The molecule has 2 amide bonds. The summed E-state index contributed by atoms with van der Waals surface area (Å²) >= 11 is 18.3. The van der Waals surface area contributed by atoms with Gasteiger partial charge in [-0.05, 0) is 23.8 Å². The third kappa shape index (κ3) is 5.44. The number of nitrogens with one attached hydrogen (secondary N) is 2. The molecule has 3 rings (SSSR count). The smallest absolute Gasteiger partial charge is 0.343 e. The van der Waals surface area contributed by atoms with Crippen LogP contribution in [0.3, 0.4) is 0 Å². The fourth-order valence-electron chi connectivity index (χ4n) is 3.19. The van der Waals surface area contributed by atoms with Crippen LogP contribution >= 0.6 is 34.8 Å². The van der Waals surface area contributed by atoms with E-state index in [9.17, 15) is 31.5 Å². The molecule has 1 saturated carbocycles. The Labute approximate surface area is 194 Å². The number of hydrogen-bond donors (Lipinski definition) is 2. The van der Waals surface area contributed by atoms with Crippen LogP contribution < -0.4 is 10.6 Å². The fourth-order valence-corrected chi connectivity index (χ4v) is 4.22. The predicted molar refractivity (Wildman–Crippen MR) is 111 cm³/mol. The number of rotatable bonds is 6. The Bertz CT molecular complexity index is 1030. The van der Waals surface area contributed by atoms with E-state index in [4.69, 9.17) is 34.8 Å². The Morgan fingerprint density at radius 1 is 1.06 bits per heavy atom. The molecule has 0 aromatic heterocycles. The Morgan fingerprint density at radius 3 is 2.25 bits per heavy atom. The topological polar surface area (TPSA) is 58.2 Å². The highest BCUT2D eigenvalue weighted by atomic mass is 35.5. The van der Waals surface area contributed by atoms with Crippen LogP contribution in [0, 0.1) is 5.92 Å². The van der Waals surface area contributed by atoms with E-state index in [-0.39, 0.29) is 21.8 Å². The zero-order chi connectivity index (χ0) is 23.8. The monoisotopic (exact) mass is 514 g/mol. The van der Waals surface area contributed by atoms with E-state index in [0.29, 0.717) is 5.56 Å². The normalized spacial score (nSPS) is 19.5. The van der Waals surface area contributed by atoms with Crippen LogP contribution in [0.4, 0.5) is 27.6 Å². The molecule has 1 aliphatic rings. The van der Waals surface area contributed by atoms with E-state index in [1.165, 1.54) is 36.4 Å². The van der Waals surface area contributed by atoms with Crippen LogP contribution in [-0.2, 0) is 4.79 Å². The Morgan fingerprint density at radius 2 is 1.69 bits per heavy atom. The van der Waals surface area contributed by atoms with Crippen molar-refractivity contribution in [1.82, 2.24) is 5.32 Å². The van der Waals surface area contributed by atoms with Gasteiger partial charge in [-0.3, -0.25) is 9.59 Å². The molecule has 172 valence electrons. The van der Waals surface area contributed by atoms with Crippen LogP contribution in [0.2, 0.25) is 5.02 Å². The number of hydrogen-bond acceptors (Lipinski definition) is 2. The lowest BCUT2D eigenvalue weighted by Gasteiger charge is -2.11. The van der Waals surface area contributed by atoms with E-state index in [0.717, 1.165) is 6.07 Å². The summed E-state index contributed by atoms with van der Waals surface area (Å²) in [5.74, 6) is -3.29. The van der Waals surface area contributed by atoms with E-state index in [1.807, 2.05) is 0 Å². The lowest BCUT2D eigenvalue weighted by atomic mass is 10.1. The first-order chi connectivity index (χ1) is 14.8. The van der Waals surface area contributed by atoms with Crippen LogP contribution in [0.1, 0.15) is 33.8 Å². The molecule has 0 heterocycles. The molecule has 1 aliphatic carbocycles. The van der Waals surface area contributed by atoms with Crippen molar-refractivity contribution in [3.63, 3.8) is 0 Å². The second-order valence-electron chi connectivity index (χ2n) is 7.08. The minimum Gasteiger partial charge on any atom is -0.343 e. The number of amides is 2. The largest absolute Gasteiger partial charge is 0.405 e. The molecule has 0 saturated heterocycles. The number of halogens is 8. The third-order valence-electron chi connectivity index (χ3n) is 4.81. The van der Waals surface area contributed by atoms with Gasteiger partial charge in [0.15, 0.2) is 0 Å². The van der Waals surface area contributed by atoms with Gasteiger partial charge in [-0.1, -0.05) is 35.9 Å². The molecule has 0 aliphatic heterocycles. The maximum absolute atomic E-state index is 12.7. The standard InChI is InChI=1S/C20H14Cl3F5N2O2/c21-13-6-5-11(7-12(13)17(31)29-8-19(26,27)28)30-18(32)15-14(20(15,22)23)9-1-3-10(4-2-9)16(24)25/h1-7,14-16H,8H2,(H,29,31)(H,30,32). The molecule has 32 heavy (non-hydrogen) atoms. The van der Waals surface area contributed by atoms with Gasteiger partial charge >= 0.3 is 6.18 Å². The van der Waals surface area contributed by atoms with Crippen molar-refractivity contribution < 1.29 is 31.5 Å². The van der Waals surface area contributed by atoms with Crippen molar-refractivity contribution in [3.8, 4) is 0 Å². The number of anilines is 1. The first-order valence-corrected chi connectivity index (χ1v) is 10.2. The molecule has 2 atom stereocenters. The summed E-state index contributed by atoms with van der Waals surface area (Å²) in [6, 6.07) is 8.94. The van der Waals surface area contributed by atoms with Gasteiger partial charge in [0.05, 0.1) is 16.5 Å². The minimum atomic E-state index is -4.60. The molecule has 4 nitrogen and oxygen atoms in total. The lowest BCUT2D eigenvalue weighted by Crippen LogP contribution is -2.33. The maximum atomic E-state index is 12.7. The van der Waals surface area contributed by atoms with Crippen LogP contribution in [0.5, 0.6) is 0 Å². The van der Waals surface area contributed by atoms with E-state index >= 15 is 0 Å². The van der Waals surface area contributed by atoms with Gasteiger partial charge in [0.2, 0.25) is 5.91 Å². The fraction of sp³-hybridized carbons (Fsp3) is 0.300. The van der Waals surface area contributed by atoms with Crippen molar-refractivity contribution in [2.75, 3.05) is 11.9 Å². The molecule has 2 aromatic carbocycles. The SMILES string of the molecule is O=C(NCC(F)(F)F)c1cc(NC(=O)C2C(c3ccc(C(F)F)cc3)C2(Cl)Cl)ccc1Cl. The number of alkyl halides is 7. The van der Waals surface area contributed by atoms with E-state index in [1.54, 1.807) is 5.32 Å². The predicted octanol–water partition coefficient (Wildman–Crippen LogP) is 6.10. The summed E-state index contributed by atoms with van der Waals surface area (Å²) in [6.07, 6.45) is -7.25. The van der Waals surface area contributed by atoms with Crippen LogP contribution in [0.25, 0.3) is 0 Å². The van der Waals surface area contributed by atoms with Gasteiger partial charge in [-0.15, -0.1) is 23.2 Å². The number of benzene rings is 2. The minimum absolute atomic E-state index is 0.0828. The Kier molecular flexibility index (Phi) is 6.93. The van der Waals surface area contributed by atoms with Gasteiger partial charge in [0.25, 0.3) is 12.3 Å². The maximum Gasteiger partial charge on any atom is 0.405 e. The molecule has 2 aromatic rings. The van der Waals surface area contributed by atoms with Crippen molar-refractivity contribution in [2.45, 2.75) is 22.9 Å². The molecule has 2 N–H and O–H groups in total. The summed E-state index contributed by atoms with van der Waals surface area (Å²) in [7, 11) is 0. The zero-order valence-corrected chi connectivity index (χ0v) is 18.1. The zero-order valence-electron chi connectivity index (χ0n) is 15.8. The first kappa shape index (κ1) is 24.5. The molecule has 0 bridgehead atoms. The summed E-state index contributed by atoms with van der Waals surface area (Å²) in [5.41, 5.74) is 0.108. The van der Waals surface area contributed by atoms with E-state index < -0.39 is 47.1 Å². The second-order valence-corrected chi connectivity index (χ2v) is 8.93. The summed E-state index contributed by atoms with van der Waals surface area (Å²) in [4.78, 5) is 24.7. The van der Waals surface area contributed by atoms with Crippen molar-refractivity contribution in [1.29, 1.82) is 0 Å². The summed E-state index contributed by atoms with van der Waals surface area (Å²) in [6.45, 7) is -1.55. The van der Waals surface area contributed by atoms with Crippen LogP contribution in [-0.4, -0.2) is 28.9 Å². The molecule has 0 spiro atoms. The van der Waals surface area contributed by atoms with Gasteiger partial charge in [0.1, 0.15) is 10.9 Å². The van der Waals surface area contributed by atoms with Gasteiger partial charge in [-0.2, -0.15) is 13.2 Å². The third-order valence-corrected chi connectivity index (χ3v) is 6.08. The molecule has 12 heteroatoms. The van der Waals surface area contributed by atoms with Gasteiger partial charge in [0, 0.05) is 17.2 Å². The van der Waals surface area contributed by atoms with E-state index in [2.05, 4.69) is 5.32 Å². The van der Waals surface area contributed by atoms with Crippen molar-refractivity contribution in [2.24, 2.45) is 5.92 Å². The second kappa shape index (κ2) is 9.03. The highest BCUT2D eigenvalue weighted by molar-refractivity contribution is 6.53. The van der Waals surface area contributed by atoms with Gasteiger partial charge in [-0.25, -0.2) is 8.78 Å².